The predicted molar refractivity (Wildman–Crippen MR) is 65.3 cm³/mol. The molecule has 3 unspecified atom stereocenters. The van der Waals surface area contributed by atoms with Crippen molar-refractivity contribution in [1.82, 2.24) is 4.90 Å². The summed E-state index contributed by atoms with van der Waals surface area (Å²) in [6.45, 7) is 4.42. The smallest absolute Gasteiger partial charge is 0.231 e. The van der Waals surface area contributed by atoms with Gasteiger partial charge in [-0.25, -0.2) is 0 Å². The average molecular weight is 220 g/mol. The maximum atomic E-state index is 11.0. The maximum Gasteiger partial charge on any atom is 0.231 e. The van der Waals surface area contributed by atoms with Gasteiger partial charge in [-0.3, -0.25) is 15.0 Å². The van der Waals surface area contributed by atoms with Gasteiger partial charge in [0.15, 0.2) is 0 Å². The Kier molecular flexibility index (Phi) is 4.74. The molecule has 16 heavy (non-hydrogen) atoms. The molecule has 0 fully saturated rings. The van der Waals surface area contributed by atoms with E-state index >= 15 is 0 Å². The van der Waals surface area contributed by atoms with Crippen LogP contribution in [0.4, 0.5) is 0 Å². The van der Waals surface area contributed by atoms with Crippen LogP contribution in [0.25, 0.3) is 0 Å². The van der Waals surface area contributed by atoms with Crippen LogP contribution in [0, 0.1) is 10.1 Å². The highest BCUT2D eigenvalue weighted by atomic mass is 16.6. The van der Waals surface area contributed by atoms with Gasteiger partial charge in [0.25, 0.3) is 0 Å². The molecule has 0 N–H and O–H groups in total. The monoisotopic (exact) mass is 220 g/mol. The molecule has 0 aliphatic heterocycles. The summed E-state index contributed by atoms with van der Waals surface area (Å²) in [5, 5.41) is 11.0. The van der Waals surface area contributed by atoms with E-state index in [1.54, 1.807) is 0 Å². The van der Waals surface area contributed by atoms with Crippen LogP contribution in [-0.4, -0.2) is 43.3 Å². The number of rotatable bonds is 5. The van der Waals surface area contributed by atoms with E-state index in [9.17, 15) is 10.1 Å². The summed E-state index contributed by atoms with van der Waals surface area (Å²) in [6, 6.07) is -0.760. The molecule has 3 atom stereocenters. The lowest BCUT2D eigenvalue weighted by Crippen LogP contribution is -2.46. The number of likely N-dealkylation sites (N-methyl/N-ethyl adjacent to an activating group) is 1. The van der Waals surface area contributed by atoms with E-state index in [-0.39, 0.29) is 16.8 Å². The number of allylic oxidation sites excluding steroid dienone is 1. The van der Waals surface area contributed by atoms with Crippen molar-refractivity contribution in [3.63, 3.8) is 0 Å². The Bertz CT molecular complexity index is 294. The third-order valence-electron chi connectivity index (χ3n) is 2.93. The lowest BCUT2D eigenvalue weighted by atomic mass is 9.76. The van der Waals surface area contributed by atoms with E-state index in [0.717, 1.165) is 13.0 Å². The van der Waals surface area contributed by atoms with Gasteiger partial charge in [0, 0.05) is 17.9 Å². The van der Waals surface area contributed by atoms with Crippen molar-refractivity contribution in [2.75, 3.05) is 13.6 Å². The first-order valence-corrected chi connectivity index (χ1v) is 5.44. The minimum absolute atomic E-state index is 0.158. The Hall–Kier alpha value is -1.10. The SMILES string of the molecule is [B]C1C=CC(N(C)CCC=C)C([N+](=O)[O-])C1. The first kappa shape index (κ1) is 13.0. The van der Waals surface area contributed by atoms with Gasteiger partial charge in [-0.15, -0.1) is 6.58 Å². The Morgan fingerprint density at radius 1 is 1.69 bits per heavy atom. The minimum Gasteiger partial charge on any atom is -0.294 e. The van der Waals surface area contributed by atoms with Gasteiger partial charge >= 0.3 is 0 Å². The van der Waals surface area contributed by atoms with Crippen molar-refractivity contribution in [3.05, 3.63) is 34.9 Å². The van der Waals surface area contributed by atoms with Crippen LogP contribution in [0.5, 0.6) is 0 Å². The molecule has 1 aliphatic carbocycles. The highest BCUT2D eigenvalue weighted by Crippen LogP contribution is 2.25. The summed E-state index contributed by atoms with van der Waals surface area (Å²) >= 11 is 0. The minimum atomic E-state index is -0.602. The second-order valence-electron chi connectivity index (χ2n) is 4.19. The Morgan fingerprint density at radius 2 is 2.38 bits per heavy atom. The van der Waals surface area contributed by atoms with E-state index in [1.807, 2.05) is 30.2 Å². The molecule has 0 aromatic rings. The molecule has 4 nitrogen and oxygen atoms in total. The molecular weight excluding hydrogens is 203 g/mol. The molecule has 5 heteroatoms. The van der Waals surface area contributed by atoms with E-state index < -0.39 is 6.04 Å². The van der Waals surface area contributed by atoms with Gasteiger partial charge in [0.2, 0.25) is 6.04 Å². The highest BCUT2D eigenvalue weighted by molar-refractivity contribution is 6.13. The van der Waals surface area contributed by atoms with Gasteiger partial charge < -0.3 is 0 Å². The molecule has 0 spiro atoms. The zero-order chi connectivity index (χ0) is 12.1. The van der Waals surface area contributed by atoms with Crippen LogP contribution < -0.4 is 0 Å². The van der Waals surface area contributed by atoms with Crippen molar-refractivity contribution in [1.29, 1.82) is 0 Å². The van der Waals surface area contributed by atoms with Crippen molar-refractivity contribution < 1.29 is 4.92 Å². The lowest BCUT2D eigenvalue weighted by Gasteiger charge is -2.31. The number of nitrogens with zero attached hydrogens (tertiary/aromatic N) is 2. The zero-order valence-corrected chi connectivity index (χ0v) is 9.58. The predicted octanol–water partition coefficient (Wildman–Crippen LogP) is 1.43. The van der Waals surface area contributed by atoms with E-state index in [4.69, 9.17) is 7.85 Å². The highest BCUT2D eigenvalue weighted by Gasteiger charge is 2.35. The van der Waals surface area contributed by atoms with Crippen molar-refractivity contribution >= 4 is 7.85 Å². The molecule has 0 bridgehead atoms. The third-order valence-corrected chi connectivity index (χ3v) is 2.93. The Balaban J connectivity index is 2.70. The zero-order valence-electron chi connectivity index (χ0n) is 9.58. The van der Waals surface area contributed by atoms with Crippen LogP contribution in [0.15, 0.2) is 24.8 Å². The molecule has 1 rings (SSSR count). The molecule has 0 heterocycles. The molecule has 0 saturated heterocycles. The topological polar surface area (TPSA) is 46.4 Å². The quantitative estimate of drug-likeness (QED) is 0.304. The summed E-state index contributed by atoms with van der Waals surface area (Å²) < 4.78 is 0. The van der Waals surface area contributed by atoms with Crippen molar-refractivity contribution in [2.24, 2.45) is 0 Å². The number of hydrogen-bond acceptors (Lipinski definition) is 3. The van der Waals surface area contributed by atoms with Crippen LogP contribution in [0.1, 0.15) is 12.8 Å². The van der Waals surface area contributed by atoms with Crippen molar-refractivity contribution in [2.45, 2.75) is 30.7 Å². The molecule has 0 amide bonds. The van der Waals surface area contributed by atoms with Crippen LogP contribution in [-0.2, 0) is 0 Å². The van der Waals surface area contributed by atoms with Crippen LogP contribution in [0.3, 0.4) is 0 Å². The summed E-state index contributed by atoms with van der Waals surface area (Å²) in [5.41, 5.74) is 0. The van der Waals surface area contributed by atoms with Gasteiger partial charge in [-0.2, -0.15) is 0 Å². The molecule has 86 valence electrons. The second-order valence-corrected chi connectivity index (χ2v) is 4.19. The van der Waals surface area contributed by atoms with Gasteiger partial charge in [-0.1, -0.05) is 24.0 Å². The fourth-order valence-electron chi connectivity index (χ4n) is 1.98. The fourth-order valence-corrected chi connectivity index (χ4v) is 1.98. The van der Waals surface area contributed by atoms with Gasteiger partial charge in [0.1, 0.15) is 0 Å². The van der Waals surface area contributed by atoms with E-state index in [0.29, 0.717) is 6.42 Å². The van der Waals surface area contributed by atoms with Crippen molar-refractivity contribution in [3.8, 4) is 0 Å². The van der Waals surface area contributed by atoms with E-state index in [2.05, 4.69) is 6.58 Å². The maximum absolute atomic E-state index is 11.0. The average Bonchev–Trinajstić information content (AvgIpc) is 2.25. The summed E-state index contributed by atoms with van der Waals surface area (Å²) in [7, 11) is 7.59. The second kappa shape index (κ2) is 5.84. The van der Waals surface area contributed by atoms with Gasteiger partial charge in [0.05, 0.1) is 13.9 Å². The molecule has 2 radical (unpaired) electrons. The molecular formula is C11H17BN2O2. The number of nitro groups is 1. The first-order chi connectivity index (χ1) is 7.56. The largest absolute Gasteiger partial charge is 0.294 e. The summed E-state index contributed by atoms with van der Waals surface area (Å²) in [6.07, 6.45) is 6.76. The van der Waals surface area contributed by atoms with Gasteiger partial charge in [-0.05, 0) is 13.5 Å². The Labute approximate surface area is 97.6 Å². The van der Waals surface area contributed by atoms with Crippen LogP contribution >= 0.6 is 0 Å². The normalized spacial score (nSPS) is 29.2. The fraction of sp³-hybridized carbons (Fsp3) is 0.636. The Morgan fingerprint density at radius 3 is 2.94 bits per heavy atom. The van der Waals surface area contributed by atoms with Crippen LogP contribution in [0.2, 0.25) is 5.82 Å². The van der Waals surface area contributed by atoms with E-state index in [1.165, 1.54) is 0 Å². The number of hydrogen-bond donors (Lipinski definition) is 0. The summed E-state index contributed by atoms with van der Waals surface area (Å²) in [5.74, 6) is -0.195. The first-order valence-electron chi connectivity index (χ1n) is 5.44. The molecule has 0 saturated carbocycles. The molecule has 0 aromatic carbocycles. The lowest BCUT2D eigenvalue weighted by molar-refractivity contribution is -0.529. The molecule has 0 aromatic heterocycles. The molecule has 1 aliphatic rings. The summed E-state index contributed by atoms with van der Waals surface area (Å²) in [4.78, 5) is 12.7. The third kappa shape index (κ3) is 3.20. The standard InChI is InChI=1S/C11H17BN2O2/c1-3-4-7-13(2)10-6-5-9(12)8-11(10)14(15)16/h3,5-6,9-11H,1,4,7-8H2,2H3.